The van der Waals surface area contributed by atoms with Crippen LogP contribution < -0.4 is 0 Å². The summed E-state index contributed by atoms with van der Waals surface area (Å²) in [6, 6.07) is 0. The van der Waals surface area contributed by atoms with Crippen molar-refractivity contribution in [2.45, 2.75) is 12.8 Å². The van der Waals surface area contributed by atoms with Crippen molar-refractivity contribution in [1.29, 1.82) is 0 Å². The second-order valence-electron chi connectivity index (χ2n) is 6.31. The van der Waals surface area contributed by atoms with E-state index in [1.54, 1.807) is 0 Å². The Kier molecular flexibility index (Phi) is 19.5. The molecule has 0 bridgehead atoms. The van der Waals surface area contributed by atoms with E-state index >= 15 is 0 Å². The van der Waals surface area contributed by atoms with Gasteiger partial charge >= 0.3 is 11.9 Å². The number of carbonyl (C=O) groups is 3. The van der Waals surface area contributed by atoms with Crippen molar-refractivity contribution < 1.29 is 47.9 Å². The van der Waals surface area contributed by atoms with E-state index in [4.69, 9.17) is 33.5 Å². The van der Waals surface area contributed by atoms with Crippen molar-refractivity contribution in [2.24, 2.45) is 0 Å². The van der Waals surface area contributed by atoms with E-state index in [9.17, 15) is 14.4 Å². The molecule has 30 heavy (non-hydrogen) atoms. The van der Waals surface area contributed by atoms with Crippen LogP contribution in [0.15, 0.2) is 0 Å². The molecular formula is C19H35NO10. The van der Waals surface area contributed by atoms with Gasteiger partial charge in [-0.1, -0.05) is 0 Å². The van der Waals surface area contributed by atoms with Crippen LogP contribution in [0.1, 0.15) is 12.8 Å². The molecule has 0 saturated heterocycles. The normalized spacial score (nSPS) is 11.0. The third kappa shape index (κ3) is 21.1. The van der Waals surface area contributed by atoms with E-state index in [-0.39, 0.29) is 26.1 Å². The lowest BCUT2D eigenvalue weighted by atomic mass is 10.2. The van der Waals surface area contributed by atoms with Gasteiger partial charge in [-0.3, -0.25) is 9.59 Å². The monoisotopic (exact) mass is 437 g/mol. The van der Waals surface area contributed by atoms with Gasteiger partial charge in [0.15, 0.2) is 0 Å². The quantitative estimate of drug-likeness (QED) is 0.135. The zero-order valence-electron chi connectivity index (χ0n) is 18.0. The van der Waals surface area contributed by atoms with Gasteiger partial charge in [0.2, 0.25) is 5.78 Å². The van der Waals surface area contributed by atoms with Gasteiger partial charge < -0.3 is 38.4 Å². The van der Waals surface area contributed by atoms with Crippen LogP contribution in [0.3, 0.4) is 0 Å². The van der Waals surface area contributed by atoms with E-state index in [0.29, 0.717) is 59.5 Å². The summed E-state index contributed by atoms with van der Waals surface area (Å²) < 4.78 is 31.5. The Morgan fingerprint density at radius 3 is 1.43 bits per heavy atom. The molecule has 0 aliphatic rings. The molecule has 11 heteroatoms. The number of esters is 1. The molecule has 0 radical (unpaired) electrons. The van der Waals surface area contributed by atoms with E-state index in [2.05, 4.69) is 4.90 Å². The van der Waals surface area contributed by atoms with Gasteiger partial charge in [0.25, 0.3) is 0 Å². The molecule has 11 nitrogen and oxygen atoms in total. The van der Waals surface area contributed by atoms with Gasteiger partial charge in [-0.05, 0) is 14.1 Å². The Labute approximate surface area is 177 Å². The summed E-state index contributed by atoms with van der Waals surface area (Å²) in [4.78, 5) is 34.5. The maximum Gasteiger partial charge on any atom is 0.372 e. The van der Waals surface area contributed by atoms with Crippen molar-refractivity contribution in [2.75, 3.05) is 93.3 Å². The largest absolute Gasteiger partial charge is 0.476 e. The molecule has 0 heterocycles. The standard InChI is InChI=1S/C19H35NO10/c1-20(2)5-6-25-7-8-26-9-10-27-11-12-28-13-14-29-15-16-30-18(22)4-3-17(21)19(23)24/h3-16H2,1-2H3,(H,23,24). The number of Topliss-reactive ketones (excluding diaryl/α,β-unsaturated/α-hetero) is 1. The highest BCUT2D eigenvalue weighted by atomic mass is 16.6. The Bertz CT molecular complexity index is 459. The first-order valence-electron chi connectivity index (χ1n) is 9.88. The SMILES string of the molecule is CN(C)CCOCCOCCOCCOCCOCCOC(=O)CCC(=O)C(=O)O. The summed E-state index contributed by atoms with van der Waals surface area (Å²) in [6.07, 6.45) is -0.633. The summed E-state index contributed by atoms with van der Waals surface area (Å²) >= 11 is 0. The van der Waals surface area contributed by atoms with Crippen LogP contribution in [0.2, 0.25) is 0 Å². The van der Waals surface area contributed by atoms with Crippen molar-refractivity contribution in [3.05, 3.63) is 0 Å². The Morgan fingerprint density at radius 1 is 0.633 bits per heavy atom. The molecule has 0 aromatic heterocycles. The third-order valence-corrected chi connectivity index (χ3v) is 3.46. The van der Waals surface area contributed by atoms with Gasteiger partial charge in [0.1, 0.15) is 6.61 Å². The van der Waals surface area contributed by atoms with Crippen molar-refractivity contribution in [1.82, 2.24) is 4.90 Å². The minimum atomic E-state index is -1.55. The number of aliphatic carboxylic acids is 1. The van der Waals surface area contributed by atoms with Crippen LogP contribution in [-0.2, 0) is 42.8 Å². The summed E-state index contributed by atoms with van der Waals surface area (Å²) in [5, 5.41) is 8.39. The van der Waals surface area contributed by atoms with Crippen LogP contribution in [-0.4, -0.2) is 121 Å². The highest BCUT2D eigenvalue weighted by Crippen LogP contribution is 1.95. The van der Waals surface area contributed by atoms with Gasteiger partial charge in [-0.25, -0.2) is 4.79 Å². The number of carboxylic acid groups (broad SMARTS) is 1. The van der Waals surface area contributed by atoms with Crippen LogP contribution in [0, 0.1) is 0 Å². The fourth-order valence-electron chi connectivity index (χ4n) is 1.84. The second kappa shape index (κ2) is 20.6. The number of ether oxygens (including phenoxy) is 6. The lowest BCUT2D eigenvalue weighted by Crippen LogP contribution is -2.19. The molecule has 0 amide bonds. The zero-order chi connectivity index (χ0) is 22.5. The number of rotatable bonds is 22. The summed E-state index contributed by atoms with van der Waals surface area (Å²) in [7, 11) is 3.99. The van der Waals surface area contributed by atoms with Crippen molar-refractivity contribution in [3.63, 3.8) is 0 Å². The topological polar surface area (TPSA) is 130 Å². The van der Waals surface area contributed by atoms with Crippen LogP contribution in [0.5, 0.6) is 0 Å². The lowest BCUT2D eigenvalue weighted by molar-refractivity contribution is -0.151. The first-order valence-corrected chi connectivity index (χ1v) is 9.88. The number of carboxylic acids is 1. The zero-order valence-corrected chi connectivity index (χ0v) is 18.0. The number of carbonyl (C=O) groups excluding carboxylic acids is 2. The first-order chi connectivity index (χ1) is 14.4. The van der Waals surface area contributed by atoms with Crippen LogP contribution >= 0.6 is 0 Å². The first kappa shape index (κ1) is 28.4. The molecule has 0 fully saturated rings. The molecule has 0 rings (SSSR count). The highest BCUT2D eigenvalue weighted by molar-refractivity contribution is 6.32. The smallest absolute Gasteiger partial charge is 0.372 e. The van der Waals surface area contributed by atoms with E-state index in [1.807, 2.05) is 14.1 Å². The molecule has 1 N–H and O–H groups in total. The van der Waals surface area contributed by atoms with Crippen molar-refractivity contribution in [3.8, 4) is 0 Å². The Morgan fingerprint density at radius 2 is 1.03 bits per heavy atom. The van der Waals surface area contributed by atoms with Gasteiger partial charge in [0, 0.05) is 13.0 Å². The van der Waals surface area contributed by atoms with E-state index in [0.717, 1.165) is 6.54 Å². The average molecular weight is 437 g/mol. The summed E-state index contributed by atoms with van der Waals surface area (Å²) in [6.45, 7) is 5.51. The van der Waals surface area contributed by atoms with Gasteiger partial charge in [-0.15, -0.1) is 0 Å². The molecule has 0 atom stereocenters. The number of nitrogens with zero attached hydrogens (tertiary/aromatic N) is 1. The second-order valence-corrected chi connectivity index (χ2v) is 6.31. The number of ketones is 1. The van der Waals surface area contributed by atoms with E-state index < -0.39 is 17.7 Å². The minimum Gasteiger partial charge on any atom is -0.476 e. The molecule has 0 unspecified atom stereocenters. The highest BCUT2D eigenvalue weighted by Gasteiger charge is 2.14. The van der Waals surface area contributed by atoms with Gasteiger partial charge in [0.05, 0.1) is 72.5 Å². The molecule has 176 valence electrons. The van der Waals surface area contributed by atoms with Crippen LogP contribution in [0.4, 0.5) is 0 Å². The average Bonchev–Trinajstić information content (AvgIpc) is 2.70. The third-order valence-electron chi connectivity index (χ3n) is 3.46. The molecule has 0 aromatic rings. The Hall–Kier alpha value is -1.63. The summed E-state index contributed by atoms with van der Waals surface area (Å²) in [5.41, 5.74) is 0. The molecule has 0 spiro atoms. The minimum absolute atomic E-state index is 0.0316. The number of hydrogen-bond acceptors (Lipinski definition) is 10. The number of likely N-dealkylation sites (N-methyl/N-ethyl adjacent to an activating group) is 1. The summed E-state index contributed by atoms with van der Waals surface area (Å²) in [5.74, 6) is -3.21. The lowest BCUT2D eigenvalue weighted by Gasteiger charge is -2.10. The van der Waals surface area contributed by atoms with Gasteiger partial charge in [-0.2, -0.15) is 0 Å². The van der Waals surface area contributed by atoms with Crippen molar-refractivity contribution >= 4 is 17.7 Å². The molecule has 0 aliphatic heterocycles. The molecule has 0 saturated carbocycles. The van der Waals surface area contributed by atoms with Crippen LogP contribution in [0.25, 0.3) is 0 Å². The molecule has 0 aliphatic carbocycles. The maximum atomic E-state index is 11.3. The predicted molar refractivity (Wildman–Crippen MR) is 105 cm³/mol. The Balaban J connectivity index is 3.18. The van der Waals surface area contributed by atoms with E-state index in [1.165, 1.54) is 0 Å². The maximum absolute atomic E-state index is 11.3. The predicted octanol–water partition coefficient (Wildman–Crippen LogP) is -0.392. The number of hydrogen-bond donors (Lipinski definition) is 1. The fourth-order valence-corrected chi connectivity index (χ4v) is 1.84. The molecular weight excluding hydrogens is 402 g/mol. The fraction of sp³-hybridized carbons (Fsp3) is 0.842. The molecule has 0 aromatic carbocycles.